The third kappa shape index (κ3) is 20.3. The molecule has 0 aliphatic carbocycles. The van der Waals surface area contributed by atoms with E-state index in [1.807, 2.05) is 0 Å². The molecule has 0 bridgehead atoms. The van der Waals surface area contributed by atoms with Crippen LogP contribution in [0.5, 0.6) is 0 Å². The second kappa shape index (κ2) is 11.6. The van der Waals surface area contributed by atoms with Gasteiger partial charge in [-0.2, -0.15) is 0 Å². The van der Waals surface area contributed by atoms with Crippen LogP contribution in [0, 0.1) is 0 Å². The molecule has 5 N–H and O–H groups in total. The quantitative estimate of drug-likeness (QED) is 0.165. The minimum atomic E-state index is -4.89. The van der Waals surface area contributed by atoms with Gasteiger partial charge in [0.25, 0.3) is 7.82 Å². The maximum Gasteiger partial charge on any atom is 0.262 e. The molecular formula is C7H20NO10P. The van der Waals surface area contributed by atoms with E-state index in [1.165, 1.54) is 7.05 Å². The van der Waals surface area contributed by atoms with Gasteiger partial charge in [0.05, 0.1) is 24.8 Å². The van der Waals surface area contributed by atoms with Gasteiger partial charge in [-0.15, -0.1) is 14.5 Å². The van der Waals surface area contributed by atoms with Crippen molar-refractivity contribution in [3.63, 3.8) is 0 Å². The van der Waals surface area contributed by atoms with Crippen molar-refractivity contribution in [1.82, 2.24) is 0 Å². The highest BCUT2D eigenvalue weighted by atomic mass is 31.2. The zero-order chi connectivity index (χ0) is 15.4. The fourth-order valence-electron chi connectivity index (χ4n) is 0.732. The van der Waals surface area contributed by atoms with Crippen LogP contribution in [0.3, 0.4) is 0 Å². The van der Waals surface area contributed by atoms with E-state index in [1.54, 1.807) is 0 Å². The fraction of sp³-hybridized carbons (Fsp3) is 1.00. The maximum absolute atomic E-state index is 8.77. The number of hydrogen-bond donors (Lipinski definition) is 5. The summed E-state index contributed by atoms with van der Waals surface area (Å²) in [5, 5.41) is 25.6. The summed E-state index contributed by atoms with van der Waals surface area (Å²) in [4.78, 5) is 37.3. The van der Waals surface area contributed by atoms with Gasteiger partial charge in [-0.1, -0.05) is 0 Å². The van der Waals surface area contributed by atoms with E-state index in [2.05, 4.69) is 0 Å². The highest BCUT2D eigenvalue weighted by Gasteiger charge is 2.27. The Morgan fingerprint density at radius 3 is 1.32 bits per heavy atom. The Hall–Kier alpha value is -0.170. The molecule has 0 atom stereocenters. The van der Waals surface area contributed by atoms with Crippen molar-refractivity contribution < 1.29 is 54.1 Å². The van der Waals surface area contributed by atoms with E-state index >= 15 is 0 Å². The first-order valence-corrected chi connectivity index (χ1v) is 6.61. The molecule has 0 aromatic carbocycles. The molecular weight excluding hydrogens is 289 g/mol. The van der Waals surface area contributed by atoms with Crippen LogP contribution < -0.4 is 4.89 Å². The molecule has 0 heterocycles. The Bertz CT molecular complexity index is 216. The Morgan fingerprint density at radius 2 is 1.16 bits per heavy atom. The third-order valence-corrected chi connectivity index (χ3v) is 1.25. The molecule has 0 spiro atoms. The minimum Gasteiger partial charge on any atom is -0.756 e. The summed E-state index contributed by atoms with van der Waals surface area (Å²) in [6, 6.07) is 0. The van der Waals surface area contributed by atoms with Crippen molar-refractivity contribution in [3.8, 4) is 0 Å². The van der Waals surface area contributed by atoms with Gasteiger partial charge in [0.1, 0.15) is 19.8 Å². The molecule has 0 saturated carbocycles. The van der Waals surface area contributed by atoms with Crippen LogP contribution in [0.4, 0.5) is 0 Å². The van der Waals surface area contributed by atoms with Crippen molar-refractivity contribution in [3.05, 3.63) is 0 Å². The SMILES string of the molecule is C[N+](OCCO)(OCCO)OCCO.O=P([O-])(O)O. The lowest BCUT2D eigenvalue weighted by Crippen LogP contribution is -2.45. The Morgan fingerprint density at radius 1 is 0.947 bits per heavy atom. The van der Waals surface area contributed by atoms with Crippen LogP contribution in [-0.2, 0) is 19.1 Å². The van der Waals surface area contributed by atoms with Gasteiger partial charge in [0.2, 0.25) is 0 Å². The van der Waals surface area contributed by atoms with Crippen molar-refractivity contribution >= 4 is 7.82 Å². The van der Waals surface area contributed by atoms with E-state index in [9.17, 15) is 0 Å². The molecule has 118 valence electrons. The van der Waals surface area contributed by atoms with Crippen LogP contribution in [0.15, 0.2) is 0 Å². The molecule has 0 unspecified atom stereocenters. The standard InChI is InChI=1S/C7H18NO6.H3O4P/c1-8(12-5-2-9,13-6-3-10)14-7-4-11;1-5(2,3)4/h9-11H,2-7H2,1H3;(H3,1,2,3,4)/q+1;/p-1. The summed E-state index contributed by atoms with van der Waals surface area (Å²) < 4.78 is 8.77. The largest absolute Gasteiger partial charge is 0.756 e. The van der Waals surface area contributed by atoms with Gasteiger partial charge >= 0.3 is 0 Å². The molecule has 0 aliphatic rings. The molecule has 0 aromatic heterocycles. The zero-order valence-electron chi connectivity index (χ0n) is 10.4. The van der Waals surface area contributed by atoms with Gasteiger partial charge in [-0.05, 0) is 0 Å². The Labute approximate surface area is 109 Å². The molecule has 19 heavy (non-hydrogen) atoms. The average Bonchev–Trinajstić information content (AvgIpc) is 2.30. The lowest BCUT2D eigenvalue weighted by molar-refractivity contribution is -1.36. The maximum atomic E-state index is 8.77. The predicted octanol–water partition coefficient (Wildman–Crippen LogP) is -3.36. The molecule has 11 nitrogen and oxygen atoms in total. The van der Waals surface area contributed by atoms with Crippen LogP contribution in [0.25, 0.3) is 0 Å². The Kier molecular flexibility index (Phi) is 12.9. The van der Waals surface area contributed by atoms with Crippen molar-refractivity contribution in [2.75, 3.05) is 46.7 Å². The molecule has 0 amide bonds. The first kappa shape index (κ1) is 21.1. The molecule has 0 radical (unpaired) electrons. The summed E-state index contributed by atoms with van der Waals surface area (Å²) in [5.74, 6) is 0. The topological polar surface area (TPSA) is 169 Å². The third-order valence-electron chi connectivity index (χ3n) is 1.25. The molecule has 0 rings (SSSR count). The summed E-state index contributed by atoms with van der Waals surface area (Å²) in [6.45, 7) is -0.398. The van der Waals surface area contributed by atoms with E-state index in [4.69, 9.17) is 49.1 Å². The van der Waals surface area contributed by atoms with Gasteiger partial charge < -0.3 is 30.0 Å². The fourth-order valence-corrected chi connectivity index (χ4v) is 0.732. The summed E-state index contributed by atoms with van der Waals surface area (Å²) in [7, 11) is -3.44. The molecule has 0 aliphatic heterocycles. The molecule has 0 fully saturated rings. The Balaban J connectivity index is 0. The summed E-state index contributed by atoms with van der Waals surface area (Å²) >= 11 is 0. The van der Waals surface area contributed by atoms with Gasteiger partial charge in [-0.3, -0.25) is 4.57 Å². The first-order valence-electron chi connectivity index (χ1n) is 5.07. The van der Waals surface area contributed by atoms with Gasteiger partial charge in [0, 0.05) is 0 Å². The van der Waals surface area contributed by atoms with Gasteiger partial charge in [-0.25, -0.2) is 0 Å². The van der Waals surface area contributed by atoms with E-state index < -0.39 is 12.8 Å². The zero-order valence-corrected chi connectivity index (χ0v) is 11.3. The van der Waals surface area contributed by atoms with Crippen molar-refractivity contribution in [1.29, 1.82) is 0 Å². The highest BCUT2D eigenvalue weighted by Crippen LogP contribution is 2.18. The number of hydroxylamine groups is 3. The summed E-state index contributed by atoms with van der Waals surface area (Å²) in [5.41, 5.74) is 0. The number of hydrogen-bond acceptors (Lipinski definition) is 8. The molecule has 12 heteroatoms. The lowest BCUT2D eigenvalue weighted by atomic mass is 10.8. The van der Waals surface area contributed by atoms with E-state index in [-0.39, 0.29) is 39.6 Å². The first-order chi connectivity index (χ1) is 8.68. The second-order valence-electron chi connectivity index (χ2n) is 2.93. The highest BCUT2D eigenvalue weighted by molar-refractivity contribution is 7.43. The van der Waals surface area contributed by atoms with Crippen LogP contribution in [0.2, 0.25) is 0 Å². The number of nitrogens with zero attached hydrogens (tertiary/aromatic N) is 1. The van der Waals surface area contributed by atoms with E-state index in [0.717, 1.165) is 0 Å². The van der Waals surface area contributed by atoms with Crippen LogP contribution in [-0.4, -0.2) is 76.8 Å². The van der Waals surface area contributed by atoms with Crippen molar-refractivity contribution in [2.45, 2.75) is 0 Å². The smallest absolute Gasteiger partial charge is 0.262 e. The molecule has 0 saturated heterocycles. The number of phosphoric acid groups is 1. The minimum absolute atomic E-state index is 0.0351. The number of aliphatic hydroxyl groups excluding tert-OH is 3. The second-order valence-corrected chi connectivity index (χ2v) is 3.91. The summed E-state index contributed by atoms with van der Waals surface area (Å²) in [6.07, 6.45) is 0. The predicted molar refractivity (Wildman–Crippen MR) is 57.3 cm³/mol. The number of rotatable bonds is 9. The van der Waals surface area contributed by atoms with Gasteiger partial charge in [0.15, 0.2) is 7.05 Å². The lowest BCUT2D eigenvalue weighted by Gasteiger charge is -2.24. The monoisotopic (exact) mass is 309 g/mol. The van der Waals surface area contributed by atoms with Crippen LogP contribution in [0.1, 0.15) is 0 Å². The average molecular weight is 309 g/mol. The normalized spacial score (nSPS) is 11.9. The van der Waals surface area contributed by atoms with Crippen molar-refractivity contribution in [2.24, 2.45) is 0 Å². The van der Waals surface area contributed by atoms with E-state index in [0.29, 0.717) is 0 Å². The van der Waals surface area contributed by atoms with Crippen LogP contribution >= 0.6 is 7.82 Å². The number of quaternary nitrogens is 1. The molecule has 0 aromatic rings. The number of aliphatic hydroxyl groups is 3.